The summed E-state index contributed by atoms with van der Waals surface area (Å²) in [6.07, 6.45) is 14.5. The summed E-state index contributed by atoms with van der Waals surface area (Å²) in [5, 5.41) is 7.71. The number of hydrogen-bond acceptors (Lipinski definition) is 5. The normalized spacial score (nSPS) is 22.8. The molecule has 0 unspecified atom stereocenters. The first-order chi connectivity index (χ1) is 22.8. The zero-order valence-electron chi connectivity index (χ0n) is 28.2. The maximum atomic E-state index is 14.4. The third-order valence-corrected chi connectivity index (χ3v) is 10.6. The summed E-state index contributed by atoms with van der Waals surface area (Å²) in [5.74, 6) is 1.99. The molecule has 3 saturated carbocycles. The largest absolute Gasteiger partial charge is 0.496 e. The van der Waals surface area contributed by atoms with E-state index in [1.807, 2.05) is 6.20 Å². The Balaban J connectivity index is 1.14. The van der Waals surface area contributed by atoms with E-state index in [0.717, 1.165) is 80.5 Å². The van der Waals surface area contributed by atoms with Crippen molar-refractivity contribution in [3.05, 3.63) is 66.0 Å². The van der Waals surface area contributed by atoms with Gasteiger partial charge in [-0.25, -0.2) is 0 Å². The molecule has 3 aliphatic carbocycles. The summed E-state index contributed by atoms with van der Waals surface area (Å²) < 4.78 is 7.56. The predicted octanol–water partition coefficient (Wildman–Crippen LogP) is 7.55. The molecule has 3 aromatic rings. The number of hydrogen-bond donors (Lipinski definition) is 1. The third kappa shape index (κ3) is 8.32. The van der Waals surface area contributed by atoms with Crippen LogP contribution in [-0.2, 0) is 14.4 Å². The maximum Gasteiger partial charge on any atom is 0.230 e. The van der Waals surface area contributed by atoms with Crippen LogP contribution in [0.15, 0.2) is 54.9 Å². The van der Waals surface area contributed by atoms with E-state index >= 15 is 0 Å². The van der Waals surface area contributed by atoms with E-state index < -0.39 is 0 Å². The van der Waals surface area contributed by atoms with Gasteiger partial charge in [0, 0.05) is 48.8 Å². The number of aryl methyl sites for hydroxylation is 1. The van der Waals surface area contributed by atoms with Crippen molar-refractivity contribution in [3.63, 3.8) is 0 Å². The lowest BCUT2D eigenvalue weighted by atomic mass is 9.78. The number of carbonyl (C=O) groups excluding carboxylic acids is 3. The molecule has 1 heterocycles. The molecule has 0 bridgehead atoms. The number of carbonyl (C=O) groups is 3. The van der Waals surface area contributed by atoms with Gasteiger partial charge in [-0.05, 0) is 125 Å². The Morgan fingerprint density at radius 1 is 0.915 bits per heavy atom. The molecular weight excluding hydrogens is 588 g/mol. The fraction of sp³-hybridized carbons (Fsp3) is 0.538. The van der Waals surface area contributed by atoms with Crippen LogP contribution in [0.3, 0.4) is 0 Å². The van der Waals surface area contributed by atoms with Gasteiger partial charge in [-0.15, -0.1) is 0 Å². The molecular formula is C39H50N4O4. The van der Waals surface area contributed by atoms with Crippen LogP contribution < -0.4 is 15.0 Å². The van der Waals surface area contributed by atoms with Crippen molar-refractivity contribution in [2.24, 2.45) is 11.8 Å². The summed E-state index contributed by atoms with van der Waals surface area (Å²) in [5.41, 5.74) is 5.69. The van der Waals surface area contributed by atoms with Crippen LogP contribution in [-0.4, -0.2) is 47.1 Å². The minimum absolute atomic E-state index is 0.0275. The zero-order chi connectivity index (χ0) is 32.9. The smallest absolute Gasteiger partial charge is 0.230 e. The van der Waals surface area contributed by atoms with Gasteiger partial charge in [-0.1, -0.05) is 24.3 Å². The first-order valence-electron chi connectivity index (χ1n) is 17.7. The second-order valence-corrected chi connectivity index (χ2v) is 14.2. The Morgan fingerprint density at radius 2 is 1.68 bits per heavy atom. The van der Waals surface area contributed by atoms with Crippen LogP contribution in [0, 0.1) is 18.8 Å². The number of rotatable bonds is 12. The van der Waals surface area contributed by atoms with Gasteiger partial charge in [0.1, 0.15) is 11.5 Å². The summed E-state index contributed by atoms with van der Waals surface area (Å²) in [4.78, 5) is 40.1. The molecule has 2 aromatic carbocycles. The Bertz CT molecular complexity index is 1560. The fourth-order valence-electron chi connectivity index (χ4n) is 7.59. The van der Waals surface area contributed by atoms with Crippen LogP contribution in [0.4, 0.5) is 5.69 Å². The van der Waals surface area contributed by atoms with Crippen molar-refractivity contribution in [1.29, 1.82) is 0 Å². The van der Waals surface area contributed by atoms with Crippen molar-refractivity contribution >= 4 is 23.3 Å². The van der Waals surface area contributed by atoms with Gasteiger partial charge in [0.2, 0.25) is 11.8 Å². The summed E-state index contributed by atoms with van der Waals surface area (Å²) in [7, 11) is 1.72. The molecule has 0 spiro atoms. The van der Waals surface area contributed by atoms with Gasteiger partial charge in [0.05, 0.1) is 19.3 Å². The van der Waals surface area contributed by atoms with Gasteiger partial charge in [-0.3, -0.25) is 14.3 Å². The van der Waals surface area contributed by atoms with E-state index in [-0.39, 0.29) is 42.4 Å². The topological polar surface area (TPSA) is 93.5 Å². The second kappa shape index (κ2) is 14.9. The van der Waals surface area contributed by atoms with Crippen LogP contribution in [0.1, 0.15) is 107 Å². The SMILES string of the molecule is COc1ccc(C2CCC(CN(C(=O)C3CCC(NC(=O)CCC(C)=O)CC3)c3cccc(-c4cnn(C5CC5)c4)c3)CC2)cc1C. The number of ether oxygens (including phenoxy) is 1. The third-order valence-electron chi connectivity index (χ3n) is 10.6. The quantitative estimate of drug-likeness (QED) is 0.221. The maximum absolute atomic E-state index is 14.4. The lowest BCUT2D eigenvalue weighted by Gasteiger charge is -2.36. The molecule has 1 N–H and O–H groups in total. The lowest BCUT2D eigenvalue weighted by Crippen LogP contribution is -2.44. The number of ketones is 1. The Hall–Kier alpha value is -3.94. The van der Waals surface area contributed by atoms with E-state index in [1.165, 1.54) is 30.9 Å². The summed E-state index contributed by atoms with van der Waals surface area (Å²) in [6, 6.07) is 15.6. The molecule has 8 heteroatoms. The predicted molar refractivity (Wildman–Crippen MR) is 185 cm³/mol. The number of nitrogens with one attached hydrogen (secondary N) is 1. The molecule has 47 heavy (non-hydrogen) atoms. The molecule has 3 aliphatic rings. The Labute approximate surface area is 279 Å². The monoisotopic (exact) mass is 638 g/mol. The molecule has 1 aromatic heterocycles. The van der Waals surface area contributed by atoms with Gasteiger partial charge in [0.25, 0.3) is 0 Å². The number of methoxy groups -OCH3 is 1. The minimum Gasteiger partial charge on any atom is -0.496 e. The molecule has 3 fully saturated rings. The first kappa shape index (κ1) is 33.0. The van der Waals surface area contributed by atoms with Crippen molar-refractivity contribution in [1.82, 2.24) is 15.1 Å². The van der Waals surface area contributed by atoms with E-state index in [1.54, 1.807) is 7.11 Å². The van der Waals surface area contributed by atoms with Crippen molar-refractivity contribution < 1.29 is 19.1 Å². The molecule has 0 atom stereocenters. The van der Waals surface area contributed by atoms with Crippen LogP contribution in [0.25, 0.3) is 11.1 Å². The van der Waals surface area contributed by atoms with Crippen molar-refractivity contribution in [2.45, 2.75) is 109 Å². The second-order valence-electron chi connectivity index (χ2n) is 14.2. The average Bonchev–Trinajstić information content (AvgIpc) is 3.82. The van der Waals surface area contributed by atoms with Gasteiger partial charge in [-0.2, -0.15) is 5.10 Å². The highest BCUT2D eigenvalue weighted by Gasteiger charge is 2.33. The molecule has 0 radical (unpaired) electrons. The molecule has 0 saturated heterocycles. The number of amides is 2. The van der Waals surface area contributed by atoms with Crippen LogP contribution in [0.5, 0.6) is 5.75 Å². The molecule has 8 nitrogen and oxygen atoms in total. The molecule has 250 valence electrons. The van der Waals surface area contributed by atoms with Crippen molar-refractivity contribution in [3.8, 4) is 16.9 Å². The van der Waals surface area contributed by atoms with E-state index in [9.17, 15) is 14.4 Å². The lowest BCUT2D eigenvalue weighted by molar-refractivity contribution is -0.125. The zero-order valence-corrected chi connectivity index (χ0v) is 28.2. The minimum atomic E-state index is -0.0705. The summed E-state index contributed by atoms with van der Waals surface area (Å²) in [6.45, 7) is 4.35. The highest BCUT2D eigenvalue weighted by molar-refractivity contribution is 5.96. The highest BCUT2D eigenvalue weighted by Crippen LogP contribution is 2.39. The standard InChI is InChI=1S/C39H50N4O4/c1-26-21-32(14-19-37(26)47-3)29-10-8-28(9-11-29)24-42(36-6-4-5-31(22-36)33-23-40-43(25-33)35-17-18-35)39(46)30-12-15-34(16-13-30)41-38(45)20-7-27(2)44/h4-6,14,19,21-23,25,28-30,34-35H,7-13,15-18,20,24H2,1-3H3,(H,41,45). The van der Waals surface area contributed by atoms with Gasteiger partial charge >= 0.3 is 0 Å². The van der Waals surface area contributed by atoms with Gasteiger partial charge in [0.15, 0.2) is 0 Å². The van der Waals surface area contributed by atoms with Gasteiger partial charge < -0.3 is 19.7 Å². The van der Waals surface area contributed by atoms with E-state index in [2.05, 4.69) is 75.6 Å². The Kier molecular flexibility index (Phi) is 10.4. The number of aromatic nitrogens is 2. The van der Waals surface area contributed by atoms with E-state index in [0.29, 0.717) is 17.9 Å². The van der Waals surface area contributed by atoms with Crippen molar-refractivity contribution in [2.75, 3.05) is 18.6 Å². The fourth-order valence-corrected chi connectivity index (χ4v) is 7.59. The van der Waals surface area contributed by atoms with E-state index in [4.69, 9.17) is 4.74 Å². The molecule has 6 rings (SSSR count). The highest BCUT2D eigenvalue weighted by atomic mass is 16.5. The molecule has 2 amide bonds. The van der Waals surface area contributed by atoms with Crippen LogP contribution in [0.2, 0.25) is 0 Å². The summed E-state index contributed by atoms with van der Waals surface area (Å²) >= 11 is 0. The number of benzene rings is 2. The number of nitrogens with zero attached hydrogens (tertiary/aromatic N) is 3. The number of Topliss-reactive ketones (excluding diaryl/α,β-unsaturated/α-hetero) is 1. The average molecular weight is 639 g/mol. The Morgan fingerprint density at radius 3 is 2.36 bits per heavy atom. The first-order valence-corrected chi connectivity index (χ1v) is 17.7. The molecule has 0 aliphatic heterocycles. The van der Waals surface area contributed by atoms with Crippen LogP contribution >= 0.6 is 0 Å². The number of anilines is 1.